The summed E-state index contributed by atoms with van der Waals surface area (Å²) >= 11 is 2.88. The Labute approximate surface area is 97.5 Å². The van der Waals surface area contributed by atoms with Crippen molar-refractivity contribution in [2.24, 2.45) is 0 Å². The lowest BCUT2D eigenvalue weighted by Crippen LogP contribution is -2.02. The van der Waals surface area contributed by atoms with E-state index in [-0.39, 0.29) is 15.1 Å². The van der Waals surface area contributed by atoms with Gasteiger partial charge in [-0.3, -0.25) is 0 Å². The zero-order chi connectivity index (χ0) is 11.6. The summed E-state index contributed by atoms with van der Waals surface area (Å²) in [6, 6.07) is 3.26. The van der Waals surface area contributed by atoms with Gasteiger partial charge in [-0.15, -0.1) is 0 Å². The molecule has 0 fully saturated rings. The molecule has 0 bridgehead atoms. The highest BCUT2D eigenvalue weighted by atomic mass is 79.9. The minimum absolute atomic E-state index is 0.0654. The third-order valence-electron chi connectivity index (χ3n) is 1.39. The second-order valence-electron chi connectivity index (χ2n) is 2.41. The Hall–Kier alpha value is -0.400. The smallest absolute Gasteiger partial charge is 0.387 e. The van der Waals surface area contributed by atoms with Crippen molar-refractivity contribution in [3.05, 3.63) is 22.7 Å². The number of halogens is 4. The molecule has 0 spiro atoms. The van der Waals surface area contributed by atoms with E-state index in [1.165, 1.54) is 0 Å². The maximum absolute atomic E-state index is 11.8. The van der Waals surface area contributed by atoms with Crippen LogP contribution < -0.4 is 4.74 Å². The van der Waals surface area contributed by atoms with E-state index in [9.17, 15) is 17.2 Å². The third-order valence-corrected chi connectivity index (χ3v) is 3.69. The van der Waals surface area contributed by atoms with Crippen molar-refractivity contribution in [1.29, 1.82) is 0 Å². The van der Waals surface area contributed by atoms with E-state index in [2.05, 4.69) is 20.7 Å². The van der Waals surface area contributed by atoms with E-state index in [1.54, 1.807) is 0 Å². The van der Waals surface area contributed by atoms with Crippen molar-refractivity contribution < 1.29 is 21.9 Å². The number of benzene rings is 1. The van der Waals surface area contributed by atoms with Crippen LogP contribution >= 0.6 is 26.6 Å². The third kappa shape index (κ3) is 3.58. The van der Waals surface area contributed by atoms with Gasteiger partial charge in [0, 0.05) is 15.2 Å². The standard InChI is InChI=1S/C7H4BrClF2O3S/c8-5-3-4(14-7(10)11)1-2-6(5)15(9,12)13/h1-3,7H. The second kappa shape index (κ2) is 4.63. The van der Waals surface area contributed by atoms with Gasteiger partial charge in [-0.2, -0.15) is 8.78 Å². The van der Waals surface area contributed by atoms with Crippen LogP contribution in [0.5, 0.6) is 5.75 Å². The van der Waals surface area contributed by atoms with Crippen LogP contribution in [0.2, 0.25) is 0 Å². The first-order valence-electron chi connectivity index (χ1n) is 3.50. The van der Waals surface area contributed by atoms with Crippen molar-refractivity contribution in [2.75, 3.05) is 0 Å². The van der Waals surface area contributed by atoms with Gasteiger partial charge in [0.15, 0.2) is 0 Å². The summed E-state index contributed by atoms with van der Waals surface area (Å²) in [6.45, 7) is -2.96. The molecule has 0 aliphatic carbocycles. The Kier molecular flexibility index (Phi) is 3.91. The molecule has 0 atom stereocenters. The molecule has 84 valence electrons. The van der Waals surface area contributed by atoms with Crippen molar-refractivity contribution in [2.45, 2.75) is 11.5 Å². The first-order valence-corrected chi connectivity index (χ1v) is 6.60. The van der Waals surface area contributed by atoms with Crippen LogP contribution in [0.25, 0.3) is 0 Å². The molecule has 0 saturated carbocycles. The Balaban J connectivity index is 3.09. The van der Waals surface area contributed by atoms with Gasteiger partial charge >= 0.3 is 6.61 Å². The molecular formula is C7H4BrClF2O3S. The van der Waals surface area contributed by atoms with Crippen LogP contribution in [0, 0.1) is 0 Å². The Morgan fingerprint density at radius 1 is 1.40 bits per heavy atom. The highest BCUT2D eigenvalue weighted by molar-refractivity contribution is 9.10. The van der Waals surface area contributed by atoms with E-state index in [0.29, 0.717) is 0 Å². The molecule has 3 nitrogen and oxygen atoms in total. The largest absolute Gasteiger partial charge is 0.435 e. The molecule has 1 aromatic rings. The number of hydrogen-bond donors (Lipinski definition) is 0. The van der Waals surface area contributed by atoms with E-state index >= 15 is 0 Å². The molecule has 15 heavy (non-hydrogen) atoms. The predicted molar refractivity (Wildman–Crippen MR) is 53.8 cm³/mol. The van der Waals surface area contributed by atoms with Crippen LogP contribution in [-0.4, -0.2) is 15.0 Å². The number of hydrogen-bond acceptors (Lipinski definition) is 3. The van der Waals surface area contributed by atoms with Crippen molar-refractivity contribution in [3.63, 3.8) is 0 Å². The van der Waals surface area contributed by atoms with Crippen LogP contribution in [0.1, 0.15) is 0 Å². The quantitative estimate of drug-likeness (QED) is 0.804. The van der Waals surface area contributed by atoms with Crippen LogP contribution in [-0.2, 0) is 9.05 Å². The fourth-order valence-corrected chi connectivity index (χ4v) is 3.06. The fourth-order valence-electron chi connectivity index (χ4n) is 0.855. The maximum Gasteiger partial charge on any atom is 0.387 e. The SMILES string of the molecule is O=S(=O)(Cl)c1ccc(OC(F)F)cc1Br. The first-order chi connectivity index (χ1) is 6.80. The van der Waals surface area contributed by atoms with E-state index in [1.807, 2.05) is 0 Å². The zero-order valence-corrected chi connectivity index (χ0v) is 10.1. The topological polar surface area (TPSA) is 43.4 Å². The molecule has 0 saturated heterocycles. The van der Waals surface area contributed by atoms with E-state index in [0.717, 1.165) is 18.2 Å². The van der Waals surface area contributed by atoms with E-state index < -0.39 is 15.7 Å². The molecule has 0 radical (unpaired) electrons. The van der Waals surface area contributed by atoms with Gasteiger partial charge in [0.25, 0.3) is 9.05 Å². The molecule has 1 aromatic carbocycles. The Bertz CT molecular complexity index is 463. The number of ether oxygens (including phenoxy) is 1. The van der Waals surface area contributed by atoms with Crippen molar-refractivity contribution in [1.82, 2.24) is 0 Å². The minimum Gasteiger partial charge on any atom is -0.435 e. The van der Waals surface area contributed by atoms with Crippen molar-refractivity contribution in [3.8, 4) is 5.75 Å². The average Bonchev–Trinajstić information content (AvgIpc) is 1.99. The molecule has 0 aliphatic heterocycles. The number of rotatable bonds is 3. The molecule has 0 amide bonds. The molecule has 0 N–H and O–H groups in total. The molecule has 0 aromatic heterocycles. The lowest BCUT2D eigenvalue weighted by atomic mass is 10.3. The Morgan fingerprint density at radius 3 is 2.40 bits per heavy atom. The van der Waals surface area contributed by atoms with E-state index in [4.69, 9.17) is 10.7 Å². The van der Waals surface area contributed by atoms with Gasteiger partial charge < -0.3 is 4.74 Å². The average molecular weight is 322 g/mol. The van der Waals surface area contributed by atoms with Gasteiger partial charge in [-0.05, 0) is 34.1 Å². The van der Waals surface area contributed by atoms with Crippen LogP contribution in [0.15, 0.2) is 27.6 Å². The van der Waals surface area contributed by atoms with Crippen LogP contribution in [0.4, 0.5) is 8.78 Å². The normalized spacial score (nSPS) is 11.8. The molecule has 0 heterocycles. The summed E-state index contributed by atoms with van der Waals surface area (Å²) in [5.41, 5.74) is 0. The first kappa shape index (κ1) is 12.7. The summed E-state index contributed by atoms with van der Waals surface area (Å²) in [5.74, 6) is -0.152. The van der Waals surface area contributed by atoms with Crippen molar-refractivity contribution >= 4 is 35.7 Å². The lowest BCUT2D eigenvalue weighted by molar-refractivity contribution is -0.0499. The maximum atomic E-state index is 11.8. The van der Waals surface area contributed by atoms with Gasteiger partial charge in [-0.25, -0.2) is 8.42 Å². The minimum atomic E-state index is -3.90. The lowest BCUT2D eigenvalue weighted by Gasteiger charge is -2.06. The molecule has 1 rings (SSSR count). The second-order valence-corrected chi connectivity index (χ2v) is 5.80. The zero-order valence-electron chi connectivity index (χ0n) is 6.95. The fraction of sp³-hybridized carbons (Fsp3) is 0.143. The highest BCUT2D eigenvalue weighted by Crippen LogP contribution is 2.29. The monoisotopic (exact) mass is 320 g/mol. The summed E-state index contributed by atoms with van der Waals surface area (Å²) in [6.07, 6.45) is 0. The highest BCUT2D eigenvalue weighted by Gasteiger charge is 2.15. The molecule has 0 aliphatic rings. The summed E-state index contributed by atoms with van der Waals surface area (Å²) in [7, 11) is 1.18. The summed E-state index contributed by atoms with van der Waals surface area (Å²) in [4.78, 5) is -0.203. The molecule has 8 heteroatoms. The van der Waals surface area contributed by atoms with Gasteiger partial charge in [0.2, 0.25) is 0 Å². The van der Waals surface area contributed by atoms with Crippen LogP contribution in [0.3, 0.4) is 0 Å². The molecular weight excluding hydrogens is 317 g/mol. The predicted octanol–water partition coefficient (Wildman–Crippen LogP) is 2.98. The van der Waals surface area contributed by atoms with Gasteiger partial charge in [0.1, 0.15) is 5.75 Å². The summed E-state index contributed by atoms with van der Waals surface area (Å²) in [5, 5.41) is 0. The van der Waals surface area contributed by atoms with Gasteiger partial charge in [-0.1, -0.05) is 0 Å². The molecule has 0 unspecified atom stereocenters. The summed E-state index contributed by atoms with van der Waals surface area (Å²) < 4.78 is 49.6. The number of alkyl halides is 2. The van der Waals surface area contributed by atoms with Gasteiger partial charge in [0.05, 0.1) is 4.90 Å². The Morgan fingerprint density at radius 2 is 2.00 bits per heavy atom.